The second-order valence-electron chi connectivity index (χ2n) is 15.0. The molecule has 0 fully saturated rings. The van der Waals surface area contributed by atoms with Gasteiger partial charge in [-0.2, -0.15) is 9.97 Å². The lowest BCUT2D eigenvalue weighted by molar-refractivity contribution is -0.117. The van der Waals surface area contributed by atoms with Gasteiger partial charge in [-0.25, -0.2) is 0 Å². The summed E-state index contributed by atoms with van der Waals surface area (Å²) in [6, 6.07) is 8.63. The molecule has 0 bridgehead atoms. The van der Waals surface area contributed by atoms with E-state index in [4.69, 9.17) is 15.2 Å². The summed E-state index contributed by atoms with van der Waals surface area (Å²) in [7, 11) is 3.78. The van der Waals surface area contributed by atoms with Gasteiger partial charge in [-0.1, -0.05) is 82.5 Å². The number of hydrogen-bond acceptors (Lipinski definition) is 7. The topological polar surface area (TPSA) is 93.8 Å². The van der Waals surface area contributed by atoms with Gasteiger partial charge in [0.25, 0.3) is 0 Å². The van der Waals surface area contributed by atoms with Crippen LogP contribution in [0.5, 0.6) is 6.01 Å². The van der Waals surface area contributed by atoms with Gasteiger partial charge >= 0.3 is 6.01 Å². The van der Waals surface area contributed by atoms with Crippen molar-refractivity contribution in [3.63, 3.8) is 0 Å². The fraction of sp³-hybridized carbons (Fsp3) is 0.533. The normalized spacial score (nSPS) is 14.0. The van der Waals surface area contributed by atoms with Crippen LogP contribution in [0.3, 0.4) is 0 Å². The number of carbonyl (C=O) groups excluding carboxylic acids is 1. The summed E-state index contributed by atoms with van der Waals surface area (Å²) in [5, 5.41) is 0. The summed E-state index contributed by atoms with van der Waals surface area (Å²) < 4.78 is 10.6. The monoisotopic (exact) mass is 726 g/mol. The lowest BCUT2D eigenvalue weighted by Gasteiger charge is -2.19. The molecule has 0 unspecified atom stereocenters. The standard InChI is InChI=1S/C45H67N5O3/c1-34(2)15-11-18-37(5)21-12-19-35(3)16-9-10-17-36(4)20-13-22-38(6)23-14-28-49(7)32-39-24-26-40(27-25-39)33-50-42(51)31-41-43(46)47-45(48-44(41)50)53-30-29-52-8/h15-17,21-22,24-27H,9-14,18-20,23,28-33H2,1-8H3,(H2,46,47,48)/b35-16+,36-17+,37-21+,38-22+. The number of hydrogen-bond donors (Lipinski definition) is 1. The summed E-state index contributed by atoms with van der Waals surface area (Å²) in [5.74, 6) is 0.768. The van der Waals surface area contributed by atoms with Crippen LogP contribution >= 0.6 is 0 Å². The Kier molecular flexibility index (Phi) is 19.3. The zero-order chi connectivity index (χ0) is 38.6. The average molecular weight is 726 g/mol. The SMILES string of the molecule is COCCOc1nc(N)c2c(n1)N(Cc1ccc(CN(C)CCC/C(C)=C/CC/C(C)=C/CC/C=C(\C)CC/C=C(\C)CCC=C(C)C)cc1)C(=O)C2. The molecular formula is C45H67N5O3. The van der Waals surface area contributed by atoms with Gasteiger partial charge in [-0.3, -0.25) is 9.69 Å². The number of allylic oxidation sites excluding steroid dienone is 10. The van der Waals surface area contributed by atoms with Gasteiger partial charge in [0.15, 0.2) is 0 Å². The summed E-state index contributed by atoms with van der Waals surface area (Å²) in [5.41, 5.74) is 16.5. The number of benzene rings is 1. The molecular weight excluding hydrogens is 659 g/mol. The Morgan fingerprint density at radius 2 is 1.32 bits per heavy atom. The minimum atomic E-state index is -0.0421. The number of methoxy groups -OCH3 is 1. The van der Waals surface area contributed by atoms with Gasteiger partial charge in [0, 0.05) is 19.2 Å². The molecule has 53 heavy (non-hydrogen) atoms. The molecule has 1 aliphatic heterocycles. The van der Waals surface area contributed by atoms with Crippen LogP contribution < -0.4 is 15.4 Å². The van der Waals surface area contributed by atoms with Crippen molar-refractivity contribution in [2.75, 3.05) is 44.5 Å². The van der Waals surface area contributed by atoms with E-state index >= 15 is 0 Å². The molecule has 2 aromatic rings. The summed E-state index contributed by atoms with van der Waals surface area (Å²) in [4.78, 5) is 25.6. The number of aromatic nitrogens is 2. The fourth-order valence-electron chi connectivity index (χ4n) is 6.37. The van der Waals surface area contributed by atoms with Crippen LogP contribution in [0.15, 0.2) is 82.5 Å². The summed E-state index contributed by atoms with van der Waals surface area (Å²) in [6.07, 6.45) is 23.6. The van der Waals surface area contributed by atoms with E-state index in [9.17, 15) is 4.79 Å². The van der Waals surface area contributed by atoms with Crippen LogP contribution in [-0.4, -0.2) is 54.7 Å². The second kappa shape index (κ2) is 23.6. The van der Waals surface area contributed by atoms with E-state index in [2.05, 4.69) is 118 Å². The Hall–Kier alpha value is -4.01. The third-order valence-electron chi connectivity index (χ3n) is 9.63. The van der Waals surface area contributed by atoms with Crippen LogP contribution in [0.4, 0.5) is 11.6 Å². The molecule has 8 heteroatoms. The fourth-order valence-corrected chi connectivity index (χ4v) is 6.37. The Morgan fingerprint density at radius 3 is 1.91 bits per heavy atom. The average Bonchev–Trinajstić information content (AvgIpc) is 3.42. The van der Waals surface area contributed by atoms with Crippen molar-refractivity contribution in [3.8, 4) is 6.01 Å². The Labute approximate surface area is 320 Å². The van der Waals surface area contributed by atoms with E-state index in [1.165, 1.54) is 39.8 Å². The zero-order valence-corrected chi connectivity index (χ0v) is 34.1. The van der Waals surface area contributed by atoms with E-state index in [0.29, 0.717) is 31.1 Å². The van der Waals surface area contributed by atoms with Crippen LogP contribution in [0.1, 0.15) is 122 Å². The van der Waals surface area contributed by atoms with Crippen molar-refractivity contribution < 1.29 is 14.3 Å². The van der Waals surface area contributed by atoms with E-state index in [1.807, 2.05) is 0 Å². The highest BCUT2D eigenvalue weighted by atomic mass is 16.5. The summed E-state index contributed by atoms with van der Waals surface area (Å²) >= 11 is 0. The first-order chi connectivity index (χ1) is 25.4. The molecule has 0 atom stereocenters. The van der Waals surface area contributed by atoms with Gasteiger partial charge in [-0.15, -0.1) is 0 Å². The van der Waals surface area contributed by atoms with Crippen molar-refractivity contribution in [2.24, 2.45) is 0 Å². The van der Waals surface area contributed by atoms with Crippen molar-refractivity contribution in [1.29, 1.82) is 0 Å². The van der Waals surface area contributed by atoms with Crippen molar-refractivity contribution in [2.45, 2.75) is 125 Å². The molecule has 8 nitrogen and oxygen atoms in total. The van der Waals surface area contributed by atoms with Gasteiger partial charge in [0.1, 0.15) is 18.2 Å². The first kappa shape index (κ1) is 43.4. The minimum Gasteiger partial charge on any atom is -0.461 e. The maximum Gasteiger partial charge on any atom is 0.320 e. The highest BCUT2D eigenvalue weighted by Crippen LogP contribution is 2.33. The van der Waals surface area contributed by atoms with Gasteiger partial charge in [0.2, 0.25) is 5.91 Å². The molecule has 0 radical (unpaired) electrons. The maximum atomic E-state index is 12.9. The second-order valence-corrected chi connectivity index (χ2v) is 15.0. The van der Waals surface area contributed by atoms with Gasteiger partial charge < -0.3 is 20.1 Å². The third kappa shape index (κ3) is 16.7. The van der Waals surface area contributed by atoms with E-state index in [-0.39, 0.29) is 24.2 Å². The quantitative estimate of drug-likeness (QED) is 0.0850. The zero-order valence-electron chi connectivity index (χ0n) is 34.1. The van der Waals surface area contributed by atoms with Gasteiger partial charge in [0.05, 0.1) is 19.6 Å². The van der Waals surface area contributed by atoms with Crippen LogP contribution in [0.25, 0.3) is 0 Å². The first-order valence-electron chi connectivity index (χ1n) is 19.6. The number of carbonyl (C=O) groups is 1. The molecule has 1 aliphatic rings. The number of nitrogens with zero attached hydrogens (tertiary/aromatic N) is 4. The van der Waals surface area contributed by atoms with Crippen molar-refractivity contribution in [1.82, 2.24) is 14.9 Å². The van der Waals surface area contributed by atoms with Crippen LogP contribution in [0, 0.1) is 0 Å². The largest absolute Gasteiger partial charge is 0.461 e. The Morgan fingerprint density at radius 1 is 0.774 bits per heavy atom. The molecule has 0 spiro atoms. The smallest absolute Gasteiger partial charge is 0.320 e. The predicted molar refractivity (Wildman–Crippen MR) is 222 cm³/mol. The molecule has 1 aromatic carbocycles. The van der Waals surface area contributed by atoms with E-state index in [0.717, 1.165) is 76.4 Å². The summed E-state index contributed by atoms with van der Waals surface area (Å²) in [6.45, 7) is 16.5. The molecule has 3 rings (SSSR count). The molecule has 2 heterocycles. The lowest BCUT2D eigenvalue weighted by Crippen LogP contribution is -2.26. The lowest BCUT2D eigenvalue weighted by atomic mass is 10.0. The molecule has 1 amide bonds. The number of fused-ring (bicyclic) bond motifs is 1. The van der Waals surface area contributed by atoms with Crippen LogP contribution in [-0.2, 0) is 29.0 Å². The maximum absolute atomic E-state index is 12.9. The van der Waals surface area contributed by atoms with Crippen molar-refractivity contribution in [3.05, 3.63) is 99.2 Å². The van der Waals surface area contributed by atoms with Crippen LogP contribution in [0.2, 0.25) is 0 Å². The van der Waals surface area contributed by atoms with Crippen molar-refractivity contribution >= 4 is 17.5 Å². The Balaban J connectivity index is 1.32. The molecule has 0 saturated carbocycles. The van der Waals surface area contributed by atoms with E-state index in [1.54, 1.807) is 12.0 Å². The predicted octanol–water partition coefficient (Wildman–Crippen LogP) is 10.3. The molecule has 290 valence electrons. The van der Waals surface area contributed by atoms with Gasteiger partial charge in [-0.05, 0) is 130 Å². The number of rotatable bonds is 24. The number of ether oxygens (including phenoxy) is 2. The van der Waals surface area contributed by atoms with E-state index < -0.39 is 0 Å². The molecule has 2 N–H and O–H groups in total. The molecule has 1 aromatic heterocycles. The first-order valence-corrected chi connectivity index (χ1v) is 19.6. The number of unbranched alkanes of at least 4 members (excludes halogenated alkanes) is 1. The minimum absolute atomic E-state index is 0.0421. The molecule has 0 aliphatic carbocycles. The number of amides is 1. The number of nitrogen functional groups attached to an aromatic ring is 1. The highest BCUT2D eigenvalue weighted by molar-refractivity contribution is 6.01. The Bertz CT molecular complexity index is 1600. The third-order valence-corrected chi connectivity index (χ3v) is 9.63. The highest BCUT2D eigenvalue weighted by Gasteiger charge is 2.32. The molecule has 0 saturated heterocycles. The number of nitrogens with two attached hydrogens (primary N) is 1. The number of anilines is 2.